The molecule has 0 aromatic carbocycles. The Balaban J connectivity index is 1.71. The highest BCUT2D eigenvalue weighted by Gasteiger charge is 2.25. The summed E-state index contributed by atoms with van der Waals surface area (Å²) in [6, 6.07) is 0. The van der Waals surface area contributed by atoms with E-state index in [0.29, 0.717) is 0 Å². The van der Waals surface area contributed by atoms with Crippen molar-refractivity contribution in [2.24, 2.45) is 11.3 Å². The molecule has 0 atom stereocenters. The number of rotatable bonds is 16. The van der Waals surface area contributed by atoms with Crippen LogP contribution in [0, 0.1) is 11.3 Å². The van der Waals surface area contributed by atoms with Crippen LogP contribution in [0.5, 0.6) is 0 Å². The molecule has 1 saturated carbocycles. The molecule has 1 aliphatic carbocycles. The molecule has 0 aromatic heterocycles. The van der Waals surface area contributed by atoms with Crippen molar-refractivity contribution < 1.29 is 14.6 Å². The first kappa shape index (κ1) is 20.5. The average molecular weight is 327 g/mol. The summed E-state index contributed by atoms with van der Waals surface area (Å²) >= 11 is 0. The summed E-state index contributed by atoms with van der Waals surface area (Å²) < 4.78 is 5.69. The molecule has 1 N–H and O–H groups in total. The summed E-state index contributed by atoms with van der Waals surface area (Å²) in [5.41, 5.74) is -0.568. The van der Waals surface area contributed by atoms with E-state index < -0.39 is 11.4 Å². The molecule has 0 aromatic rings. The molecule has 0 bridgehead atoms. The second-order valence-corrected chi connectivity index (χ2v) is 7.97. The van der Waals surface area contributed by atoms with Crippen LogP contribution in [-0.2, 0) is 9.53 Å². The highest BCUT2D eigenvalue weighted by Crippen LogP contribution is 2.34. The van der Waals surface area contributed by atoms with Gasteiger partial charge in [-0.05, 0) is 39.0 Å². The summed E-state index contributed by atoms with van der Waals surface area (Å²) in [7, 11) is 0. The lowest BCUT2D eigenvalue weighted by Gasteiger charge is -2.18. The van der Waals surface area contributed by atoms with Crippen LogP contribution in [-0.4, -0.2) is 24.3 Å². The maximum absolute atomic E-state index is 11.0. The van der Waals surface area contributed by atoms with Crippen molar-refractivity contribution in [3.05, 3.63) is 0 Å². The van der Waals surface area contributed by atoms with E-state index in [1.165, 1.54) is 57.8 Å². The van der Waals surface area contributed by atoms with Crippen LogP contribution < -0.4 is 0 Å². The highest BCUT2D eigenvalue weighted by molar-refractivity contribution is 5.73. The highest BCUT2D eigenvalue weighted by atomic mass is 16.5. The Bertz CT molecular complexity index is 308. The molecule has 1 fully saturated rings. The Hall–Kier alpha value is -0.570. The Morgan fingerprint density at radius 3 is 2.00 bits per heavy atom. The molecular weight excluding hydrogens is 288 g/mol. The van der Waals surface area contributed by atoms with Gasteiger partial charge in [-0.1, -0.05) is 64.2 Å². The van der Waals surface area contributed by atoms with E-state index in [2.05, 4.69) is 0 Å². The molecule has 1 rings (SSSR count). The molecule has 0 unspecified atom stereocenters. The minimum Gasteiger partial charge on any atom is -0.481 e. The molecule has 0 radical (unpaired) electrons. The molecule has 136 valence electrons. The summed E-state index contributed by atoms with van der Waals surface area (Å²) in [5.74, 6) is 0.403. The van der Waals surface area contributed by atoms with Gasteiger partial charge in [0, 0.05) is 13.2 Å². The van der Waals surface area contributed by atoms with E-state index in [0.717, 1.165) is 44.8 Å². The average Bonchev–Trinajstić information content (AvgIpc) is 3.31. The first-order valence-corrected chi connectivity index (χ1v) is 9.83. The number of hydrogen-bond donors (Lipinski definition) is 1. The first-order chi connectivity index (χ1) is 11.0. The van der Waals surface area contributed by atoms with Gasteiger partial charge in [-0.3, -0.25) is 4.79 Å². The molecular formula is C20H38O3. The molecule has 1 aliphatic rings. The molecule has 3 heteroatoms. The number of aliphatic carboxylic acids is 1. The SMILES string of the molecule is CC(C)(CCCCCCCOCCCCCCC1CC1)C(=O)O. The smallest absolute Gasteiger partial charge is 0.309 e. The number of carboxylic acids is 1. The number of carbonyl (C=O) groups is 1. The van der Waals surface area contributed by atoms with Gasteiger partial charge in [-0.15, -0.1) is 0 Å². The second-order valence-electron chi connectivity index (χ2n) is 7.97. The summed E-state index contributed by atoms with van der Waals surface area (Å²) in [6.45, 7) is 5.45. The van der Waals surface area contributed by atoms with Gasteiger partial charge in [-0.25, -0.2) is 0 Å². The predicted molar refractivity (Wildman–Crippen MR) is 95.7 cm³/mol. The third-order valence-electron chi connectivity index (χ3n) is 5.02. The van der Waals surface area contributed by atoms with Crippen LogP contribution in [0.15, 0.2) is 0 Å². The molecule has 0 saturated heterocycles. The van der Waals surface area contributed by atoms with Crippen molar-refractivity contribution >= 4 is 5.97 Å². The van der Waals surface area contributed by atoms with E-state index in [-0.39, 0.29) is 0 Å². The summed E-state index contributed by atoms with van der Waals surface area (Å²) in [6.07, 6.45) is 16.2. The summed E-state index contributed by atoms with van der Waals surface area (Å²) in [4.78, 5) is 11.0. The Labute approximate surface area is 143 Å². The van der Waals surface area contributed by atoms with Crippen molar-refractivity contribution in [2.45, 2.75) is 97.3 Å². The maximum atomic E-state index is 11.0. The molecule has 0 amide bonds. The molecule has 0 heterocycles. The van der Waals surface area contributed by atoms with Gasteiger partial charge in [0.05, 0.1) is 5.41 Å². The monoisotopic (exact) mass is 326 g/mol. The molecule has 0 spiro atoms. The molecule has 0 aliphatic heterocycles. The lowest BCUT2D eigenvalue weighted by molar-refractivity contribution is -0.147. The van der Waals surface area contributed by atoms with Gasteiger partial charge < -0.3 is 9.84 Å². The van der Waals surface area contributed by atoms with Gasteiger partial charge in [0.2, 0.25) is 0 Å². The van der Waals surface area contributed by atoms with E-state index in [9.17, 15) is 4.79 Å². The third-order valence-corrected chi connectivity index (χ3v) is 5.02. The van der Waals surface area contributed by atoms with Crippen LogP contribution in [0.3, 0.4) is 0 Å². The van der Waals surface area contributed by atoms with E-state index in [4.69, 9.17) is 9.84 Å². The minimum atomic E-state index is -0.682. The quantitative estimate of drug-likeness (QED) is 0.364. The lowest BCUT2D eigenvalue weighted by atomic mass is 9.87. The number of ether oxygens (including phenoxy) is 1. The zero-order valence-corrected chi connectivity index (χ0v) is 15.4. The van der Waals surface area contributed by atoms with E-state index in [1.54, 1.807) is 0 Å². The van der Waals surface area contributed by atoms with Gasteiger partial charge >= 0.3 is 5.97 Å². The molecule has 3 nitrogen and oxygen atoms in total. The Morgan fingerprint density at radius 1 is 0.913 bits per heavy atom. The Kier molecular flexibility index (Phi) is 10.6. The fourth-order valence-electron chi connectivity index (χ4n) is 2.91. The maximum Gasteiger partial charge on any atom is 0.309 e. The summed E-state index contributed by atoms with van der Waals surface area (Å²) in [5, 5.41) is 9.04. The van der Waals surface area contributed by atoms with Crippen LogP contribution in [0.2, 0.25) is 0 Å². The topological polar surface area (TPSA) is 46.5 Å². The standard InChI is InChI=1S/C20H38O3/c1-20(2,19(21)22)15-9-5-3-6-10-16-23-17-11-7-4-8-12-18-13-14-18/h18H,3-17H2,1-2H3,(H,21,22). The van der Waals surface area contributed by atoms with Gasteiger partial charge in [0.25, 0.3) is 0 Å². The van der Waals surface area contributed by atoms with Crippen LogP contribution >= 0.6 is 0 Å². The zero-order valence-electron chi connectivity index (χ0n) is 15.4. The van der Waals surface area contributed by atoms with Crippen molar-refractivity contribution in [3.8, 4) is 0 Å². The minimum absolute atomic E-state index is 0.568. The van der Waals surface area contributed by atoms with Crippen molar-refractivity contribution in [3.63, 3.8) is 0 Å². The number of carboxylic acid groups (broad SMARTS) is 1. The van der Waals surface area contributed by atoms with Crippen LogP contribution in [0.25, 0.3) is 0 Å². The largest absolute Gasteiger partial charge is 0.481 e. The van der Waals surface area contributed by atoms with Crippen LogP contribution in [0.1, 0.15) is 97.3 Å². The Morgan fingerprint density at radius 2 is 1.43 bits per heavy atom. The normalized spacial score (nSPS) is 15.0. The van der Waals surface area contributed by atoms with E-state index >= 15 is 0 Å². The fraction of sp³-hybridized carbons (Fsp3) is 0.950. The lowest BCUT2D eigenvalue weighted by Crippen LogP contribution is -2.23. The zero-order chi connectivity index (χ0) is 17.0. The number of hydrogen-bond acceptors (Lipinski definition) is 2. The van der Waals surface area contributed by atoms with Gasteiger partial charge in [0.1, 0.15) is 0 Å². The first-order valence-electron chi connectivity index (χ1n) is 9.83. The third kappa shape index (κ3) is 11.6. The predicted octanol–water partition coefficient (Wildman–Crippen LogP) is 5.81. The van der Waals surface area contributed by atoms with Gasteiger partial charge in [0.15, 0.2) is 0 Å². The fourth-order valence-corrected chi connectivity index (χ4v) is 2.91. The van der Waals surface area contributed by atoms with Crippen molar-refractivity contribution in [2.75, 3.05) is 13.2 Å². The molecule has 23 heavy (non-hydrogen) atoms. The van der Waals surface area contributed by atoms with Crippen molar-refractivity contribution in [1.29, 1.82) is 0 Å². The van der Waals surface area contributed by atoms with Crippen LogP contribution in [0.4, 0.5) is 0 Å². The van der Waals surface area contributed by atoms with Crippen molar-refractivity contribution in [1.82, 2.24) is 0 Å². The van der Waals surface area contributed by atoms with Gasteiger partial charge in [-0.2, -0.15) is 0 Å². The van der Waals surface area contributed by atoms with E-state index in [1.807, 2.05) is 13.8 Å². The number of unbranched alkanes of at least 4 members (excludes halogenated alkanes) is 7. The second kappa shape index (κ2) is 11.9.